The first-order valence-electron chi connectivity index (χ1n) is 7.21. The molecule has 2 heterocycles. The molecular weight excluding hydrogens is 335 g/mol. The summed E-state index contributed by atoms with van der Waals surface area (Å²) in [6.07, 6.45) is 4.24. The number of hydrogen-bond acceptors (Lipinski definition) is 4. The number of halogens is 2. The van der Waals surface area contributed by atoms with E-state index in [0.29, 0.717) is 34.6 Å². The molecule has 0 aliphatic carbocycles. The van der Waals surface area contributed by atoms with E-state index >= 15 is 0 Å². The summed E-state index contributed by atoms with van der Waals surface area (Å²) in [5, 5.41) is 1.09. The highest BCUT2D eigenvalue weighted by atomic mass is 35.5. The normalized spacial score (nSPS) is 15.8. The van der Waals surface area contributed by atoms with Crippen molar-refractivity contribution in [1.82, 2.24) is 14.9 Å². The van der Waals surface area contributed by atoms with Crippen LogP contribution in [-0.4, -0.2) is 47.0 Å². The Kier molecular flexibility index (Phi) is 5.10. The first kappa shape index (κ1) is 16.2. The molecule has 1 radical (unpaired) electrons. The van der Waals surface area contributed by atoms with Gasteiger partial charge in [-0.25, -0.2) is 15.0 Å². The molecule has 3 rings (SSSR count). The lowest BCUT2D eigenvalue weighted by molar-refractivity contribution is 0.0678. The second-order valence-corrected chi connectivity index (χ2v) is 5.93. The summed E-state index contributed by atoms with van der Waals surface area (Å²) < 4.78 is 5.36. The Morgan fingerprint density at radius 3 is 2.83 bits per heavy atom. The summed E-state index contributed by atoms with van der Waals surface area (Å²) in [4.78, 5) is 15.0. The van der Waals surface area contributed by atoms with Crippen molar-refractivity contribution in [2.24, 2.45) is 4.99 Å². The fourth-order valence-electron chi connectivity index (χ4n) is 2.38. The van der Waals surface area contributed by atoms with Crippen molar-refractivity contribution < 1.29 is 4.74 Å². The van der Waals surface area contributed by atoms with E-state index in [2.05, 4.69) is 26.2 Å². The first-order valence-corrected chi connectivity index (χ1v) is 7.97. The molecule has 0 bridgehead atoms. The molecule has 5 nitrogen and oxygen atoms in total. The van der Waals surface area contributed by atoms with E-state index in [1.807, 2.05) is 13.0 Å². The minimum absolute atomic E-state index is 0.519. The maximum Gasteiger partial charge on any atom is 0.198 e. The van der Waals surface area contributed by atoms with Gasteiger partial charge in [0.25, 0.3) is 0 Å². The van der Waals surface area contributed by atoms with Crippen LogP contribution in [0.3, 0.4) is 0 Å². The Balaban J connectivity index is 1.97. The van der Waals surface area contributed by atoms with Gasteiger partial charge in [0.15, 0.2) is 6.33 Å². The van der Waals surface area contributed by atoms with Gasteiger partial charge in [0, 0.05) is 23.7 Å². The fraction of sp³-hybridized carbons (Fsp3) is 0.312. The van der Waals surface area contributed by atoms with Crippen LogP contribution in [0, 0.1) is 6.33 Å². The average Bonchev–Trinajstić information content (AvgIpc) is 2.56. The number of hydrogen-bond donors (Lipinski definition) is 0. The van der Waals surface area contributed by atoms with E-state index in [-0.39, 0.29) is 0 Å². The molecule has 1 aromatic carbocycles. The van der Waals surface area contributed by atoms with Crippen LogP contribution < -0.4 is 0 Å². The highest BCUT2D eigenvalue weighted by Gasteiger charge is 2.14. The van der Waals surface area contributed by atoms with Gasteiger partial charge in [-0.2, -0.15) is 0 Å². The summed E-state index contributed by atoms with van der Waals surface area (Å²) >= 11 is 12.2. The standard InChI is InChI=1S/C16H15Cl2N4O/c1-11(22-4-6-23-7-5-22)21-15-9-19-10-20-16(15)13-3-2-12(17)8-14(13)18/h2-3,8-9H,4-7H2,1H3/b21-11-. The third kappa shape index (κ3) is 3.80. The Morgan fingerprint density at radius 1 is 1.30 bits per heavy atom. The van der Waals surface area contributed by atoms with Crippen LogP contribution in [-0.2, 0) is 4.74 Å². The molecule has 7 heteroatoms. The Morgan fingerprint density at radius 2 is 2.09 bits per heavy atom. The zero-order chi connectivity index (χ0) is 16.2. The van der Waals surface area contributed by atoms with Crippen LogP contribution in [0.5, 0.6) is 0 Å². The zero-order valence-corrected chi connectivity index (χ0v) is 14.1. The fourth-order valence-corrected chi connectivity index (χ4v) is 2.88. The number of aliphatic imine (C=N–C) groups is 1. The second-order valence-electron chi connectivity index (χ2n) is 5.09. The number of rotatable bonds is 2. The van der Waals surface area contributed by atoms with Gasteiger partial charge in [-0.1, -0.05) is 23.2 Å². The summed E-state index contributed by atoms with van der Waals surface area (Å²) in [7, 11) is 0. The molecule has 1 aliphatic heterocycles. The summed E-state index contributed by atoms with van der Waals surface area (Å²) in [5.41, 5.74) is 2.04. The molecule has 0 atom stereocenters. The third-order valence-electron chi connectivity index (χ3n) is 3.59. The molecule has 0 unspecified atom stereocenters. The quantitative estimate of drug-likeness (QED) is 0.613. The molecule has 119 valence electrons. The Labute approximate surface area is 144 Å². The highest BCUT2D eigenvalue weighted by Crippen LogP contribution is 2.34. The van der Waals surface area contributed by atoms with Crippen LogP contribution in [0.2, 0.25) is 10.0 Å². The van der Waals surface area contributed by atoms with E-state index in [1.165, 1.54) is 0 Å². The van der Waals surface area contributed by atoms with Crippen molar-refractivity contribution in [3.63, 3.8) is 0 Å². The number of morpholine rings is 1. The summed E-state index contributed by atoms with van der Waals surface area (Å²) in [6.45, 7) is 5.04. The van der Waals surface area contributed by atoms with Gasteiger partial charge in [-0.05, 0) is 25.1 Å². The van der Waals surface area contributed by atoms with E-state index in [1.54, 1.807) is 18.3 Å². The first-order chi connectivity index (χ1) is 11.1. The number of amidine groups is 1. The molecule has 1 aliphatic rings. The molecule has 1 aromatic heterocycles. The van der Waals surface area contributed by atoms with E-state index in [9.17, 15) is 0 Å². The van der Waals surface area contributed by atoms with E-state index in [4.69, 9.17) is 27.9 Å². The smallest absolute Gasteiger partial charge is 0.198 e. The number of ether oxygens (including phenoxy) is 1. The lowest BCUT2D eigenvalue weighted by atomic mass is 10.1. The van der Waals surface area contributed by atoms with Crippen LogP contribution in [0.1, 0.15) is 6.92 Å². The summed E-state index contributed by atoms with van der Waals surface area (Å²) in [5.74, 6) is 0.898. The van der Waals surface area contributed by atoms with Gasteiger partial charge in [-0.3, -0.25) is 0 Å². The van der Waals surface area contributed by atoms with Crippen LogP contribution in [0.4, 0.5) is 5.69 Å². The van der Waals surface area contributed by atoms with Gasteiger partial charge >= 0.3 is 0 Å². The average molecular weight is 350 g/mol. The number of aromatic nitrogens is 2. The third-order valence-corrected chi connectivity index (χ3v) is 4.13. The van der Waals surface area contributed by atoms with Crippen molar-refractivity contribution in [3.8, 4) is 11.3 Å². The monoisotopic (exact) mass is 349 g/mol. The van der Waals surface area contributed by atoms with Crippen LogP contribution >= 0.6 is 23.2 Å². The minimum Gasteiger partial charge on any atom is -0.378 e. The minimum atomic E-state index is 0.519. The van der Waals surface area contributed by atoms with Crippen molar-refractivity contribution in [1.29, 1.82) is 0 Å². The van der Waals surface area contributed by atoms with Crippen molar-refractivity contribution in [2.45, 2.75) is 6.92 Å². The lowest BCUT2D eigenvalue weighted by Gasteiger charge is -2.28. The maximum atomic E-state index is 6.29. The molecule has 0 amide bonds. The molecule has 1 fully saturated rings. The molecule has 0 saturated carbocycles. The summed E-state index contributed by atoms with van der Waals surface area (Å²) in [6, 6.07) is 5.28. The topological polar surface area (TPSA) is 50.6 Å². The van der Waals surface area contributed by atoms with Gasteiger partial charge in [0.2, 0.25) is 0 Å². The van der Waals surface area contributed by atoms with E-state index < -0.39 is 0 Å². The van der Waals surface area contributed by atoms with Gasteiger partial charge < -0.3 is 9.64 Å². The van der Waals surface area contributed by atoms with Crippen LogP contribution in [0.25, 0.3) is 11.3 Å². The predicted molar refractivity (Wildman–Crippen MR) is 91.5 cm³/mol. The van der Waals surface area contributed by atoms with Gasteiger partial charge in [0.05, 0.1) is 24.4 Å². The van der Waals surface area contributed by atoms with Crippen LogP contribution in [0.15, 0.2) is 29.4 Å². The molecular formula is C16H15Cl2N4O. The molecule has 23 heavy (non-hydrogen) atoms. The SMILES string of the molecule is C/C(=N/c1cn[c]nc1-c1ccc(Cl)cc1Cl)N1CCOCC1. The van der Waals surface area contributed by atoms with Crippen molar-refractivity contribution >= 4 is 34.7 Å². The van der Waals surface area contributed by atoms with Gasteiger partial charge in [0.1, 0.15) is 17.2 Å². The second kappa shape index (κ2) is 7.25. The highest BCUT2D eigenvalue weighted by molar-refractivity contribution is 6.36. The predicted octanol–water partition coefficient (Wildman–Crippen LogP) is 3.63. The largest absolute Gasteiger partial charge is 0.378 e. The number of nitrogens with zero attached hydrogens (tertiary/aromatic N) is 4. The molecule has 1 saturated heterocycles. The molecule has 0 spiro atoms. The van der Waals surface area contributed by atoms with Crippen molar-refractivity contribution in [3.05, 3.63) is 40.8 Å². The maximum absolute atomic E-state index is 6.29. The lowest BCUT2D eigenvalue weighted by Crippen LogP contribution is -2.39. The zero-order valence-electron chi connectivity index (χ0n) is 12.6. The van der Waals surface area contributed by atoms with Crippen molar-refractivity contribution in [2.75, 3.05) is 26.3 Å². The number of benzene rings is 1. The molecule has 2 aromatic rings. The van der Waals surface area contributed by atoms with E-state index in [0.717, 1.165) is 24.5 Å². The van der Waals surface area contributed by atoms with Gasteiger partial charge in [-0.15, -0.1) is 0 Å². The Bertz CT molecular complexity index is 730. The Hall–Kier alpha value is -1.69. The molecule has 0 N–H and O–H groups in total.